The lowest BCUT2D eigenvalue weighted by Gasteiger charge is -2.09. The van der Waals surface area contributed by atoms with E-state index in [2.05, 4.69) is 15.9 Å². The minimum atomic E-state index is -3.39. The average molecular weight is 370 g/mol. The zero-order valence-corrected chi connectivity index (χ0v) is 13.6. The van der Waals surface area contributed by atoms with Crippen LogP contribution < -0.4 is 0 Å². The van der Waals surface area contributed by atoms with Gasteiger partial charge < -0.3 is 0 Å². The predicted octanol–water partition coefficient (Wildman–Crippen LogP) is 2.15. The third-order valence-corrected chi connectivity index (χ3v) is 5.06. The lowest BCUT2D eigenvalue weighted by Crippen LogP contribution is -2.24. The number of nitrogens with zero attached hydrogens (tertiary/aromatic N) is 1. The standard InChI is InChI=1S/C14H12BrNO4S/c1-21(19,20)9-4-5-10(12(15)6-9)14(18)11(7-16)13(17)8-2-3-8/h4-6,8,11H,2-3H2,1H3. The molecule has 1 unspecified atom stereocenters. The molecule has 0 bridgehead atoms. The molecule has 0 amide bonds. The molecular weight excluding hydrogens is 358 g/mol. The topological polar surface area (TPSA) is 92.1 Å². The van der Waals surface area contributed by atoms with Crippen molar-refractivity contribution in [3.8, 4) is 6.07 Å². The van der Waals surface area contributed by atoms with Crippen molar-refractivity contribution in [1.82, 2.24) is 0 Å². The van der Waals surface area contributed by atoms with Gasteiger partial charge in [0.25, 0.3) is 0 Å². The van der Waals surface area contributed by atoms with Crippen LogP contribution in [-0.2, 0) is 14.6 Å². The maximum Gasteiger partial charge on any atom is 0.188 e. The van der Waals surface area contributed by atoms with Crippen LogP contribution in [0.3, 0.4) is 0 Å². The Bertz CT molecular complexity index is 760. The largest absolute Gasteiger partial charge is 0.297 e. The van der Waals surface area contributed by atoms with E-state index in [-0.39, 0.29) is 26.6 Å². The molecule has 1 aromatic rings. The Kier molecular flexibility index (Phi) is 4.30. The Balaban J connectivity index is 2.35. The molecule has 2 rings (SSSR count). The second kappa shape index (κ2) is 5.70. The fraction of sp³-hybridized carbons (Fsp3) is 0.357. The first-order valence-corrected chi connectivity index (χ1v) is 8.91. The van der Waals surface area contributed by atoms with Crippen molar-refractivity contribution in [2.45, 2.75) is 17.7 Å². The number of Topliss-reactive ketones (excluding diaryl/α,β-unsaturated/α-hetero) is 2. The summed E-state index contributed by atoms with van der Waals surface area (Å²) in [6, 6.07) is 5.68. The van der Waals surface area contributed by atoms with Crippen LogP contribution in [0.25, 0.3) is 0 Å². The summed E-state index contributed by atoms with van der Waals surface area (Å²) in [4.78, 5) is 24.3. The van der Waals surface area contributed by atoms with Gasteiger partial charge in [0.05, 0.1) is 11.0 Å². The molecule has 1 aliphatic carbocycles. The molecule has 110 valence electrons. The minimum Gasteiger partial charge on any atom is -0.297 e. The van der Waals surface area contributed by atoms with Gasteiger partial charge >= 0.3 is 0 Å². The molecule has 0 aromatic heterocycles. The summed E-state index contributed by atoms with van der Waals surface area (Å²) < 4.78 is 23.2. The van der Waals surface area contributed by atoms with Crippen LogP contribution in [0.2, 0.25) is 0 Å². The first-order valence-electron chi connectivity index (χ1n) is 6.23. The third-order valence-electron chi connectivity index (χ3n) is 3.29. The first-order chi connectivity index (χ1) is 9.75. The number of sulfone groups is 1. The van der Waals surface area contributed by atoms with E-state index in [1.165, 1.54) is 18.2 Å². The second-order valence-electron chi connectivity index (χ2n) is 5.02. The van der Waals surface area contributed by atoms with Gasteiger partial charge in [-0.3, -0.25) is 9.59 Å². The van der Waals surface area contributed by atoms with E-state index >= 15 is 0 Å². The maximum atomic E-state index is 12.3. The molecule has 1 aromatic carbocycles. The molecule has 1 atom stereocenters. The summed E-state index contributed by atoms with van der Waals surface area (Å²) in [6.07, 6.45) is 2.50. The number of rotatable bonds is 5. The smallest absolute Gasteiger partial charge is 0.188 e. The zero-order chi connectivity index (χ0) is 15.8. The molecule has 0 heterocycles. The van der Waals surface area contributed by atoms with E-state index in [0.717, 1.165) is 19.1 Å². The summed E-state index contributed by atoms with van der Waals surface area (Å²) in [6.45, 7) is 0. The normalized spacial score (nSPS) is 16.0. The van der Waals surface area contributed by atoms with E-state index in [9.17, 15) is 18.0 Å². The maximum absolute atomic E-state index is 12.3. The third kappa shape index (κ3) is 3.39. The van der Waals surface area contributed by atoms with Crippen molar-refractivity contribution in [2.75, 3.05) is 6.26 Å². The highest BCUT2D eigenvalue weighted by Crippen LogP contribution is 2.34. The van der Waals surface area contributed by atoms with E-state index < -0.39 is 21.5 Å². The Morgan fingerprint density at radius 3 is 2.43 bits per heavy atom. The molecule has 7 heteroatoms. The molecule has 0 radical (unpaired) electrons. The van der Waals surface area contributed by atoms with Crippen LogP contribution in [-0.4, -0.2) is 26.2 Å². The van der Waals surface area contributed by atoms with Crippen molar-refractivity contribution in [3.63, 3.8) is 0 Å². The summed E-state index contributed by atoms with van der Waals surface area (Å²) in [5.41, 5.74) is 0.142. The van der Waals surface area contributed by atoms with Crippen molar-refractivity contribution in [2.24, 2.45) is 11.8 Å². The number of hydrogen-bond donors (Lipinski definition) is 0. The van der Waals surface area contributed by atoms with Gasteiger partial charge in [-0.2, -0.15) is 5.26 Å². The molecule has 1 saturated carbocycles. The molecule has 0 saturated heterocycles. The van der Waals surface area contributed by atoms with Crippen molar-refractivity contribution in [1.29, 1.82) is 5.26 Å². The Labute approximate surface area is 131 Å². The average Bonchev–Trinajstić information content (AvgIpc) is 3.22. The van der Waals surface area contributed by atoms with Gasteiger partial charge in [-0.05, 0) is 31.0 Å². The van der Waals surface area contributed by atoms with Crippen LogP contribution >= 0.6 is 15.9 Å². The summed E-state index contributed by atoms with van der Waals surface area (Å²) in [5, 5.41) is 9.08. The molecular formula is C14H12BrNO4S. The van der Waals surface area contributed by atoms with Crippen LogP contribution in [0.4, 0.5) is 0 Å². The lowest BCUT2D eigenvalue weighted by atomic mass is 9.93. The van der Waals surface area contributed by atoms with E-state index in [4.69, 9.17) is 5.26 Å². The lowest BCUT2D eigenvalue weighted by molar-refractivity contribution is -0.121. The van der Waals surface area contributed by atoms with Gasteiger partial charge in [-0.1, -0.05) is 15.9 Å². The molecule has 0 N–H and O–H groups in total. The van der Waals surface area contributed by atoms with Gasteiger partial charge in [0.15, 0.2) is 27.3 Å². The van der Waals surface area contributed by atoms with Gasteiger partial charge in [0, 0.05) is 22.2 Å². The van der Waals surface area contributed by atoms with Gasteiger partial charge in [0.1, 0.15) is 0 Å². The van der Waals surface area contributed by atoms with Crippen molar-refractivity contribution in [3.05, 3.63) is 28.2 Å². The molecule has 1 aliphatic rings. The monoisotopic (exact) mass is 369 g/mol. The SMILES string of the molecule is CS(=O)(=O)c1ccc(C(=O)C(C#N)C(=O)C2CC2)c(Br)c1. The summed E-state index contributed by atoms with van der Waals surface area (Å²) in [5.74, 6) is -2.45. The molecule has 0 spiro atoms. The van der Waals surface area contributed by atoms with Crippen molar-refractivity contribution >= 4 is 37.3 Å². The number of carbonyl (C=O) groups is 2. The highest BCUT2D eigenvalue weighted by molar-refractivity contribution is 9.10. The Morgan fingerprint density at radius 1 is 1.38 bits per heavy atom. The Hall–Kier alpha value is -1.52. The fourth-order valence-electron chi connectivity index (χ4n) is 1.94. The number of halogens is 1. The second-order valence-corrected chi connectivity index (χ2v) is 7.89. The van der Waals surface area contributed by atoms with E-state index in [0.29, 0.717) is 0 Å². The van der Waals surface area contributed by atoms with E-state index in [1.807, 2.05) is 0 Å². The van der Waals surface area contributed by atoms with Crippen LogP contribution in [0.5, 0.6) is 0 Å². The molecule has 1 fully saturated rings. The number of ketones is 2. The highest BCUT2D eigenvalue weighted by Gasteiger charge is 2.39. The molecule has 5 nitrogen and oxygen atoms in total. The zero-order valence-electron chi connectivity index (χ0n) is 11.2. The van der Waals surface area contributed by atoms with Crippen molar-refractivity contribution < 1.29 is 18.0 Å². The summed E-state index contributed by atoms with van der Waals surface area (Å²) in [7, 11) is -3.39. The number of hydrogen-bond acceptors (Lipinski definition) is 5. The van der Waals surface area contributed by atoms with Crippen LogP contribution in [0.1, 0.15) is 23.2 Å². The summed E-state index contributed by atoms with van der Waals surface area (Å²) >= 11 is 3.13. The minimum absolute atomic E-state index is 0.0629. The number of nitriles is 1. The first kappa shape index (κ1) is 15.9. The van der Waals surface area contributed by atoms with Gasteiger partial charge in [-0.15, -0.1) is 0 Å². The quantitative estimate of drug-likeness (QED) is 0.585. The predicted molar refractivity (Wildman–Crippen MR) is 78.4 cm³/mol. The van der Waals surface area contributed by atoms with Crippen LogP contribution in [0.15, 0.2) is 27.6 Å². The highest BCUT2D eigenvalue weighted by atomic mass is 79.9. The number of benzene rings is 1. The van der Waals surface area contributed by atoms with E-state index in [1.54, 1.807) is 6.07 Å². The Morgan fingerprint density at radius 2 is 2.00 bits per heavy atom. The molecule has 21 heavy (non-hydrogen) atoms. The van der Waals surface area contributed by atoms with Crippen LogP contribution in [0, 0.1) is 23.2 Å². The van der Waals surface area contributed by atoms with Gasteiger partial charge in [0.2, 0.25) is 0 Å². The van der Waals surface area contributed by atoms with Gasteiger partial charge in [-0.25, -0.2) is 8.42 Å². The fourth-order valence-corrected chi connectivity index (χ4v) is 3.31. The number of carbonyl (C=O) groups excluding carboxylic acids is 2. The molecule has 0 aliphatic heterocycles.